The van der Waals surface area contributed by atoms with E-state index in [4.69, 9.17) is 9.26 Å². The minimum absolute atomic E-state index is 0.314. The molecule has 2 aromatic rings. The molecule has 0 spiro atoms. The van der Waals surface area contributed by atoms with Gasteiger partial charge in [0.1, 0.15) is 5.75 Å². The lowest BCUT2D eigenvalue weighted by Crippen LogP contribution is -1.97. The topological polar surface area (TPSA) is 48.2 Å². The fourth-order valence-electron chi connectivity index (χ4n) is 1.48. The zero-order valence-corrected chi connectivity index (χ0v) is 11.4. The Bertz CT molecular complexity index is 499. The zero-order chi connectivity index (χ0) is 12.8. The fraction of sp³-hybridized carbons (Fsp3) is 0.385. The molecule has 0 aliphatic rings. The summed E-state index contributed by atoms with van der Waals surface area (Å²) in [7, 11) is 0. The van der Waals surface area contributed by atoms with E-state index >= 15 is 0 Å². The number of aromatic nitrogens is 2. The molecule has 5 heteroatoms. The summed E-state index contributed by atoms with van der Waals surface area (Å²) in [5.74, 6) is 3.11. The third-order valence-corrected chi connectivity index (χ3v) is 3.26. The van der Waals surface area contributed by atoms with Crippen LogP contribution in [-0.4, -0.2) is 15.9 Å². The molecule has 1 aromatic carbocycles. The largest absolute Gasteiger partial charge is 0.483 e. The summed E-state index contributed by atoms with van der Waals surface area (Å²) < 4.78 is 10.8. The van der Waals surface area contributed by atoms with Crippen LogP contribution in [0.2, 0.25) is 0 Å². The molecule has 0 bridgehead atoms. The standard InChI is InChI=1S/C13H16N2O2S/c1-3-12-14-13(17-15-12)9-16-10-7-5-6-8-11(10)18-4-2/h5-8H,3-4,9H2,1-2H3. The molecule has 0 saturated heterocycles. The molecule has 0 unspecified atom stereocenters. The van der Waals surface area contributed by atoms with Crippen molar-refractivity contribution in [3.8, 4) is 5.75 Å². The Hall–Kier alpha value is -1.49. The summed E-state index contributed by atoms with van der Waals surface area (Å²) in [5, 5.41) is 3.83. The van der Waals surface area contributed by atoms with Gasteiger partial charge in [0.2, 0.25) is 0 Å². The van der Waals surface area contributed by atoms with Gasteiger partial charge in [-0.05, 0) is 17.9 Å². The number of hydrogen-bond acceptors (Lipinski definition) is 5. The quantitative estimate of drug-likeness (QED) is 0.749. The summed E-state index contributed by atoms with van der Waals surface area (Å²) in [6.07, 6.45) is 0.770. The first-order valence-electron chi connectivity index (χ1n) is 5.99. The van der Waals surface area contributed by atoms with Crippen molar-refractivity contribution >= 4 is 11.8 Å². The molecule has 18 heavy (non-hydrogen) atoms. The van der Waals surface area contributed by atoms with E-state index in [9.17, 15) is 0 Å². The summed E-state index contributed by atoms with van der Waals surface area (Å²) >= 11 is 1.76. The summed E-state index contributed by atoms with van der Waals surface area (Å²) in [5.41, 5.74) is 0. The molecule has 0 fully saturated rings. The summed E-state index contributed by atoms with van der Waals surface area (Å²) in [6, 6.07) is 7.97. The fourth-order valence-corrected chi connectivity index (χ4v) is 2.23. The molecular weight excluding hydrogens is 248 g/mol. The van der Waals surface area contributed by atoms with Gasteiger partial charge in [-0.3, -0.25) is 0 Å². The van der Waals surface area contributed by atoms with E-state index in [1.807, 2.05) is 25.1 Å². The first kappa shape index (κ1) is 13.0. The van der Waals surface area contributed by atoms with Gasteiger partial charge in [-0.25, -0.2) is 0 Å². The van der Waals surface area contributed by atoms with E-state index in [2.05, 4.69) is 23.1 Å². The van der Waals surface area contributed by atoms with E-state index in [1.54, 1.807) is 11.8 Å². The van der Waals surface area contributed by atoms with Crippen LogP contribution in [0.5, 0.6) is 5.75 Å². The van der Waals surface area contributed by atoms with Crippen LogP contribution < -0.4 is 4.74 Å². The molecule has 0 saturated carbocycles. The second kappa shape index (κ2) is 6.44. The van der Waals surface area contributed by atoms with Crippen LogP contribution in [0.15, 0.2) is 33.7 Å². The molecule has 0 aliphatic carbocycles. The van der Waals surface area contributed by atoms with E-state index in [-0.39, 0.29) is 0 Å². The Labute approximate surface area is 111 Å². The molecule has 0 aliphatic heterocycles. The lowest BCUT2D eigenvalue weighted by molar-refractivity contribution is 0.238. The van der Waals surface area contributed by atoms with E-state index < -0.39 is 0 Å². The summed E-state index contributed by atoms with van der Waals surface area (Å²) in [6.45, 7) is 4.42. The number of thioether (sulfide) groups is 1. The smallest absolute Gasteiger partial charge is 0.264 e. The van der Waals surface area contributed by atoms with E-state index in [0.717, 1.165) is 22.8 Å². The molecule has 96 valence electrons. The van der Waals surface area contributed by atoms with Crippen molar-refractivity contribution in [2.75, 3.05) is 5.75 Å². The Kier molecular flexibility index (Phi) is 4.64. The highest BCUT2D eigenvalue weighted by Gasteiger charge is 2.07. The van der Waals surface area contributed by atoms with Crippen molar-refractivity contribution in [3.05, 3.63) is 36.0 Å². The van der Waals surface area contributed by atoms with Gasteiger partial charge in [0.15, 0.2) is 12.4 Å². The Balaban J connectivity index is 2.01. The van der Waals surface area contributed by atoms with Crippen molar-refractivity contribution in [1.29, 1.82) is 0 Å². The average Bonchev–Trinajstić information content (AvgIpc) is 2.86. The van der Waals surface area contributed by atoms with E-state index in [0.29, 0.717) is 18.3 Å². The number of para-hydroxylation sites is 1. The van der Waals surface area contributed by atoms with Crippen LogP contribution in [0.3, 0.4) is 0 Å². The second-order valence-electron chi connectivity index (χ2n) is 3.63. The number of rotatable bonds is 6. The van der Waals surface area contributed by atoms with Gasteiger partial charge < -0.3 is 9.26 Å². The van der Waals surface area contributed by atoms with Crippen molar-refractivity contribution in [2.24, 2.45) is 0 Å². The highest BCUT2D eigenvalue weighted by atomic mass is 32.2. The molecule has 1 aromatic heterocycles. The number of aryl methyl sites for hydroxylation is 1. The maximum Gasteiger partial charge on any atom is 0.264 e. The molecule has 0 atom stereocenters. The molecule has 0 amide bonds. The van der Waals surface area contributed by atoms with Crippen LogP contribution in [-0.2, 0) is 13.0 Å². The SMILES string of the molecule is CCSc1ccccc1OCc1nc(CC)no1. The Morgan fingerprint density at radius 1 is 1.28 bits per heavy atom. The van der Waals surface area contributed by atoms with Gasteiger partial charge in [-0.1, -0.05) is 31.1 Å². The molecule has 1 heterocycles. The van der Waals surface area contributed by atoms with Crippen LogP contribution in [0.25, 0.3) is 0 Å². The molecular formula is C13H16N2O2S. The zero-order valence-electron chi connectivity index (χ0n) is 10.5. The second-order valence-corrected chi connectivity index (χ2v) is 4.93. The highest BCUT2D eigenvalue weighted by Crippen LogP contribution is 2.29. The maximum atomic E-state index is 5.72. The Morgan fingerprint density at radius 3 is 2.83 bits per heavy atom. The highest BCUT2D eigenvalue weighted by molar-refractivity contribution is 7.99. The third-order valence-electron chi connectivity index (χ3n) is 2.33. The van der Waals surface area contributed by atoms with Gasteiger partial charge in [0, 0.05) is 11.3 Å². The van der Waals surface area contributed by atoms with E-state index in [1.165, 1.54) is 0 Å². The van der Waals surface area contributed by atoms with Gasteiger partial charge in [-0.15, -0.1) is 11.8 Å². The maximum absolute atomic E-state index is 5.72. The van der Waals surface area contributed by atoms with Crippen LogP contribution in [0.4, 0.5) is 0 Å². The minimum Gasteiger partial charge on any atom is -0.483 e. The predicted octanol–water partition coefficient (Wildman–Crippen LogP) is 3.32. The first-order chi connectivity index (χ1) is 8.83. The molecule has 0 radical (unpaired) electrons. The van der Waals surface area contributed by atoms with Crippen LogP contribution >= 0.6 is 11.8 Å². The van der Waals surface area contributed by atoms with Gasteiger partial charge in [0.05, 0.1) is 0 Å². The lowest BCUT2D eigenvalue weighted by atomic mass is 10.3. The number of hydrogen-bond donors (Lipinski definition) is 0. The van der Waals surface area contributed by atoms with Gasteiger partial charge in [-0.2, -0.15) is 4.98 Å². The normalized spacial score (nSPS) is 10.6. The number of nitrogens with zero attached hydrogens (tertiary/aromatic N) is 2. The monoisotopic (exact) mass is 264 g/mol. The molecule has 4 nitrogen and oxygen atoms in total. The molecule has 2 rings (SSSR count). The van der Waals surface area contributed by atoms with Gasteiger partial charge >= 0.3 is 0 Å². The Morgan fingerprint density at radius 2 is 2.11 bits per heavy atom. The minimum atomic E-state index is 0.314. The number of ether oxygens (including phenoxy) is 1. The third kappa shape index (κ3) is 3.26. The lowest BCUT2D eigenvalue weighted by Gasteiger charge is -2.08. The van der Waals surface area contributed by atoms with Crippen LogP contribution in [0, 0.1) is 0 Å². The van der Waals surface area contributed by atoms with Gasteiger partial charge in [0.25, 0.3) is 5.89 Å². The van der Waals surface area contributed by atoms with Crippen molar-refractivity contribution in [3.63, 3.8) is 0 Å². The van der Waals surface area contributed by atoms with Crippen molar-refractivity contribution in [2.45, 2.75) is 31.8 Å². The van der Waals surface area contributed by atoms with Crippen molar-refractivity contribution in [1.82, 2.24) is 10.1 Å². The predicted molar refractivity (Wildman–Crippen MR) is 70.8 cm³/mol. The van der Waals surface area contributed by atoms with Crippen LogP contribution in [0.1, 0.15) is 25.6 Å². The first-order valence-corrected chi connectivity index (χ1v) is 6.98. The summed E-state index contributed by atoms with van der Waals surface area (Å²) in [4.78, 5) is 5.34. The molecule has 0 N–H and O–H groups in total. The average molecular weight is 264 g/mol. The van der Waals surface area contributed by atoms with Crippen molar-refractivity contribution < 1.29 is 9.26 Å². The number of benzene rings is 1.